The number of aromatic nitrogens is 1. The lowest BCUT2D eigenvalue weighted by atomic mass is 10.2. The van der Waals surface area contributed by atoms with Crippen molar-refractivity contribution in [1.29, 1.82) is 0 Å². The number of ether oxygens (including phenoxy) is 1. The minimum absolute atomic E-state index is 0.368. The van der Waals surface area contributed by atoms with Crippen molar-refractivity contribution in [2.75, 3.05) is 5.32 Å². The number of carbonyl (C=O) groups is 1. The monoisotopic (exact) mass is 343 g/mol. The number of hydrogen-bond donors (Lipinski definition) is 2. The summed E-state index contributed by atoms with van der Waals surface area (Å²) in [5.74, 6) is 1.14. The third kappa shape index (κ3) is 3.54. The number of nitrogens with one attached hydrogen (secondary N) is 2. The fourth-order valence-electron chi connectivity index (χ4n) is 1.93. The van der Waals surface area contributed by atoms with E-state index in [0.29, 0.717) is 22.2 Å². The lowest BCUT2D eigenvalue weighted by Gasteiger charge is -2.10. The zero-order valence-corrected chi connectivity index (χ0v) is 13.2. The highest BCUT2D eigenvalue weighted by atomic mass is 35.5. The van der Waals surface area contributed by atoms with Crippen LogP contribution in [0.15, 0.2) is 42.6 Å². The van der Waals surface area contributed by atoms with Gasteiger partial charge < -0.3 is 10.1 Å². The van der Waals surface area contributed by atoms with E-state index in [2.05, 4.69) is 15.0 Å². The predicted molar refractivity (Wildman–Crippen MR) is 92.1 cm³/mol. The van der Waals surface area contributed by atoms with E-state index in [-0.39, 0.29) is 0 Å². The molecule has 0 saturated heterocycles. The summed E-state index contributed by atoms with van der Waals surface area (Å²) in [6.45, 7) is 0. The van der Waals surface area contributed by atoms with Gasteiger partial charge >= 0.3 is 6.03 Å². The summed E-state index contributed by atoms with van der Waals surface area (Å²) in [4.78, 5) is 11.4. The Morgan fingerprint density at radius 3 is 2.96 bits per heavy atom. The van der Waals surface area contributed by atoms with Crippen LogP contribution >= 0.6 is 23.1 Å². The Balaban J connectivity index is 1.77. The molecule has 2 amide bonds. The van der Waals surface area contributed by atoms with Crippen molar-refractivity contribution in [2.45, 2.75) is 0 Å². The molecule has 5 nitrogen and oxygen atoms in total. The quantitative estimate of drug-likeness (QED) is 0.545. The maximum atomic E-state index is 11.4. The van der Waals surface area contributed by atoms with Crippen molar-refractivity contribution in [2.24, 2.45) is 0 Å². The summed E-state index contributed by atoms with van der Waals surface area (Å²) >= 11 is 7.61. The van der Waals surface area contributed by atoms with Gasteiger partial charge in [-0.1, -0.05) is 18.0 Å². The number of hydrogen-bond acceptors (Lipinski definition) is 4. The first-order chi connectivity index (χ1) is 11.2. The van der Waals surface area contributed by atoms with E-state index in [0.717, 1.165) is 10.1 Å². The summed E-state index contributed by atoms with van der Waals surface area (Å²) in [6.07, 6.45) is 6.77. The topological polar surface area (TPSA) is 63.2 Å². The van der Waals surface area contributed by atoms with Gasteiger partial charge in [0.2, 0.25) is 0 Å². The Morgan fingerprint density at radius 2 is 2.17 bits per heavy atom. The van der Waals surface area contributed by atoms with Crippen molar-refractivity contribution in [3.05, 3.63) is 47.6 Å². The Morgan fingerprint density at radius 1 is 1.30 bits per heavy atom. The van der Waals surface area contributed by atoms with Crippen LogP contribution in [-0.4, -0.2) is 10.4 Å². The first-order valence-corrected chi connectivity index (χ1v) is 7.65. The van der Waals surface area contributed by atoms with Gasteiger partial charge in [-0.25, -0.2) is 4.79 Å². The molecule has 0 saturated carbocycles. The van der Waals surface area contributed by atoms with Crippen molar-refractivity contribution >= 4 is 44.9 Å². The maximum absolute atomic E-state index is 11.4. The van der Waals surface area contributed by atoms with Gasteiger partial charge in [0.05, 0.1) is 9.72 Å². The van der Waals surface area contributed by atoms with Crippen molar-refractivity contribution < 1.29 is 9.53 Å². The third-order valence-corrected chi connectivity index (χ3v) is 4.00. The van der Waals surface area contributed by atoms with Crippen LogP contribution in [0, 0.1) is 12.5 Å². The van der Waals surface area contributed by atoms with Gasteiger partial charge in [-0.05, 0) is 47.9 Å². The van der Waals surface area contributed by atoms with Crippen molar-refractivity contribution in [3.8, 4) is 24.0 Å². The minimum atomic E-state index is -0.507. The highest BCUT2D eigenvalue weighted by Crippen LogP contribution is 2.33. The molecule has 2 N–H and O–H groups in total. The second-order valence-electron chi connectivity index (χ2n) is 4.50. The van der Waals surface area contributed by atoms with Gasteiger partial charge in [-0.3, -0.25) is 5.32 Å². The normalized spacial score (nSPS) is 10.1. The Hall–Kier alpha value is -2.75. The van der Waals surface area contributed by atoms with Crippen LogP contribution in [0.3, 0.4) is 0 Å². The zero-order valence-electron chi connectivity index (χ0n) is 11.7. The number of carbonyl (C=O) groups excluding carboxylic acids is 1. The van der Waals surface area contributed by atoms with E-state index in [4.69, 9.17) is 22.8 Å². The summed E-state index contributed by atoms with van der Waals surface area (Å²) in [7, 11) is 0. The molecule has 0 aliphatic carbocycles. The number of fused-ring (bicyclic) bond motifs is 1. The molecule has 3 aromatic rings. The molecule has 0 aliphatic heterocycles. The van der Waals surface area contributed by atoms with Crippen molar-refractivity contribution in [3.63, 3.8) is 0 Å². The number of halogens is 1. The molecule has 0 bridgehead atoms. The van der Waals surface area contributed by atoms with Crippen LogP contribution in [0.1, 0.15) is 0 Å². The fourth-order valence-corrected chi connectivity index (χ4v) is 2.78. The zero-order chi connectivity index (χ0) is 16.2. The molecule has 2 aromatic carbocycles. The summed E-state index contributed by atoms with van der Waals surface area (Å²) in [6, 6.07) is 12.1. The number of nitrogens with zero attached hydrogens (tertiary/aromatic N) is 1. The molecule has 0 aliphatic rings. The fraction of sp³-hybridized carbons (Fsp3) is 0. The van der Waals surface area contributed by atoms with Gasteiger partial charge in [-0.15, -0.1) is 0 Å². The molecule has 0 fully saturated rings. The number of terminal acetylenes is 1. The van der Waals surface area contributed by atoms with Gasteiger partial charge in [0.25, 0.3) is 0 Å². The Labute approximate surface area is 141 Å². The maximum Gasteiger partial charge on any atom is 0.330 e. The molecule has 1 heterocycles. The number of rotatable bonds is 3. The molecule has 1 aromatic heterocycles. The lowest BCUT2D eigenvalue weighted by Crippen LogP contribution is -2.23. The Bertz CT molecular complexity index is 917. The average molecular weight is 344 g/mol. The summed E-state index contributed by atoms with van der Waals surface area (Å²) < 4.78 is 11.0. The highest BCUT2D eigenvalue weighted by Gasteiger charge is 2.07. The molecule has 0 unspecified atom stereocenters. The van der Waals surface area contributed by atoms with E-state index in [1.807, 2.05) is 24.2 Å². The molecular weight excluding hydrogens is 334 g/mol. The van der Waals surface area contributed by atoms with E-state index in [1.54, 1.807) is 24.4 Å². The Kier molecular flexibility index (Phi) is 4.33. The smallest absolute Gasteiger partial charge is 0.330 e. The lowest BCUT2D eigenvalue weighted by molar-refractivity contribution is 0.255. The van der Waals surface area contributed by atoms with Crippen LogP contribution in [0.5, 0.6) is 11.5 Å². The van der Waals surface area contributed by atoms with E-state index >= 15 is 0 Å². The number of urea groups is 1. The second-order valence-corrected chi connectivity index (χ2v) is 5.74. The average Bonchev–Trinajstić information content (AvgIpc) is 2.98. The molecule has 114 valence electrons. The standard InChI is InChI=1S/C16H10ClN3O2S/c1-2-18-16(21)20-11-3-5-14(13(17)8-11)22-12-4-6-15-10(7-12)9-19-23-15/h1,3-9H,(H2,18,20,21). The van der Waals surface area contributed by atoms with Crippen molar-refractivity contribution in [1.82, 2.24) is 9.69 Å². The number of benzene rings is 2. The molecule has 0 spiro atoms. The van der Waals surface area contributed by atoms with Crippen LogP contribution in [0.2, 0.25) is 5.02 Å². The highest BCUT2D eigenvalue weighted by molar-refractivity contribution is 7.13. The van der Waals surface area contributed by atoms with E-state index in [9.17, 15) is 4.79 Å². The molecule has 3 rings (SSSR count). The second kappa shape index (κ2) is 6.57. The summed E-state index contributed by atoms with van der Waals surface area (Å²) in [5, 5.41) is 6.11. The third-order valence-electron chi connectivity index (χ3n) is 2.93. The molecule has 23 heavy (non-hydrogen) atoms. The number of anilines is 1. The molecule has 0 radical (unpaired) electrons. The minimum Gasteiger partial charge on any atom is -0.456 e. The predicted octanol–water partition coefficient (Wildman–Crippen LogP) is 4.45. The van der Waals surface area contributed by atoms with Crippen LogP contribution < -0.4 is 15.4 Å². The van der Waals surface area contributed by atoms with Gasteiger partial charge in [0.1, 0.15) is 11.5 Å². The van der Waals surface area contributed by atoms with Gasteiger partial charge in [0.15, 0.2) is 0 Å². The van der Waals surface area contributed by atoms with Crippen LogP contribution in [-0.2, 0) is 0 Å². The number of amides is 2. The van der Waals surface area contributed by atoms with Crippen LogP contribution in [0.25, 0.3) is 10.1 Å². The van der Waals surface area contributed by atoms with E-state index < -0.39 is 6.03 Å². The van der Waals surface area contributed by atoms with Crippen LogP contribution in [0.4, 0.5) is 10.5 Å². The first-order valence-electron chi connectivity index (χ1n) is 6.50. The SMILES string of the molecule is C#CNC(=O)Nc1ccc(Oc2ccc3sncc3c2)c(Cl)c1. The molecule has 0 atom stereocenters. The van der Waals surface area contributed by atoms with Gasteiger partial charge in [0, 0.05) is 23.3 Å². The van der Waals surface area contributed by atoms with Gasteiger partial charge in [-0.2, -0.15) is 4.37 Å². The van der Waals surface area contributed by atoms with E-state index in [1.165, 1.54) is 11.5 Å². The molecular formula is C16H10ClN3O2S. The molecule has 7 heteroatoms. The first kappa shape index (κ1) is 15.2. The summed E-state index contributed by atoms with van der Waals surface area (Å²) in [5.41, 5.74) is 0.507. The largest absolute Gasteiger partial charge is 0.456 e.